The number of nitrogens with one attached hydrogen (secondary N) is 1. The minimum Gasteiger partial charge on any atom is -0.455 e. The second-order valence-electron chi connectivity index (χ2n) is 6.81. The molecular formula is C23H19N5O4. The Labute approximate surface area is 183 Å². The number of ether oxygens (including phenoxy) is 2. The zero-order valence-electron chi connectivity index (χ0n) is 17.1. The molecule has 9 heteroatoms. The molecule has 1 N–H and O–H groups in total. The van der Waals surface area contributed by atoms with E-state index in [-0.39, 0.29) is 5.56 Å². The maximum atomic E-state index is 12.5. The minimum absolute atomic E-state index is 0.232. The Hall–Kier alpha value is -4.53. The smallest absolute Gasteiger partial charge is 0.340 e. The maximum Gasteiger partial charge on any atom is 0.340 e. The van der Waals surface area contributed by atoms with E-state index in [1.165, 1.54) is 11.0 Å². The molecule has 160 valence electrons. The van der Waals surface area contributed by atoms with Crippen LogP contribution in [0, 0.1) is 6.92 Å². The number of rotatable bonds is 7. The molecule has 0 saturated carbocycles. The van der Waals surface area contributed by atoms with Crippen LogP contribution in [0.25, 0.3) is 5.69 Å². The van der Waals surface area contributed by atoms with Gasteiger partial charge in [-0.2, -0.15) is 4.68 Å². The number of anilines is 1. The first-order valence-corrected chi connectivity index (χ1v) is 9.73. The predicted octanol–water partition coefficient (Wildman–Crippen LogP) is 3.56. The Morgan fingerprint density at radius 2 is 1.72 bits per heavy atom. The normalized spacial score (nSPS) is 10.4. The van der Waals surface area contributed by atoms with E-state index in [0.717, 1.165) is 5.56 Å². The molecule has 4 rings (SSSR count). The van der Waals surface area contributed by atoms with Gasteiger partial charge in [-0.3, -0.25) is 4.79 Å². The molecule has 0 saturated heterocycles. The highest BCUT2D eigenvalue weighted by Gasteiger charge is 2.17. The van der Waals surface area contributed by atoms with Crippen LogP contribution in [0.1, 0.15) is 15.9 Å². The second-order valence-corrected chi connectivity index (χ2v) is 6.81. The summed E-state index contributed by atoms with van der Waals surface area (Å²) in [5, 5.41) is 13.6. The summed E-state index contributed by atoms with van der Waals surface area (Å²) in [6, 6.07) is 21.2. The fraction of sp³-hybridized carbons (Fsp3) is 0.0870. The summed E-state index contributed by atoms with van der Waals surface area (Å²) >= 11 is 0. The van der Waals surface area contributed by atoms with Gasteiger partial charge in [-0.1, -0.05) is 42.0 Å². The molecule has 0 fully saturated rings. The number of amides is 1. The number of aryl methyl sites for hydroxylation is 1. The van der Waals surface area contributed by atoms with Crippen molar-refractivity contribution >= 4 is 17.6 Å². The number of carbonyl (C=O) groups is 2. The fourth-order valence-corrected chi connectivity index (χ4v) is 2.91. The van der Waals surface area contributed by atoms with Crippen molar-refractivity contribution in [2.24, 2.45) is 0 Å². The third-order valence-electron chi connectivity index (χ3n) is 4.46. The molecule has 0 radical (unpaired) electrons. The van der Waals surface area contributed by atoms with Gasteiger partial charge < -0.3 is 14.8 Å². The summed E-state index contributed by atoms with van der Waals surface area (Å²) in [4.78, 5) is 25.0. The van der Waals surface area contributed by atoms with Crippen LogP contribution in [0.5, 0.6) is 11.5 Å². The number of benzene rings is 3. The fourth-order valence-electron chi connectivity index (χ4n) is 2.91. The largest absolute Gasteiger partial charge is 0.455 e. The van der Waals surface area contributed by atoms with Crippen molar-refractivity contribution in [3.63, 3.8) is 0 Å². The molecule has 0 aliphatic heterocycles. The lowest BCUT2D eigenvalue weighted by Gasteiger charge is -2.13. The van der Waals surface area contributed by atoms with Gasteiger partial charge in [-0.05, 0) is 53.7 Å². The van der Waals surface area contributed by atoms with Crippen molar-refractivity contribution < 1.29 is 19.1 Å². The van der Waals surface area contributed by atoms with Crippen molar-refractivity contribution in [2.45, 2.75) is 6.92 Å². The third kappa shape index (κ3) is 4.96. The first-order chi connectivity index (χ1) is 15.6. The number of nitrogens with zero attached hydrogens (tertiary/aromatic N) is 4. The van der Waals surface area contributed by atoms with Crippen LogP contribution in [0.3, 0.4) is 0 Å². The summed E-state index contributed by atoms with van der Waals surface area (Å²) < 4.78 is 12.4. The molecule has 0 unspecified atom stereocenters. The van der Waals surface area contributed by atoms with Gasteiger partial charge in [0.25, 0.3) is 5.91 Å². The van der Waals surface area contributed by atoms with Crippen molar-refractivity contribution in [2.75, 3.05) is 11.9 Å². The Morgan fingerprint density at radius 3 is 2.50 bits per heavy atom. The number of tetrazole rings is 1. The van der Waals surface area contributed by atoms with Crippen LogP contribution in [0.2, 0.25) is 0 Å². The number of aromatic nitrogens is 4. The number of para-hydroxylation sites is 3. The zero-order chi connectivity index (χ0) is 22.3. The number of hydrogen-bond acceptors (Lipinski definition) is 7. The molecule has 0 bridgehead atoms. The summed E-state index contributed by atoms with van der Waals surface area (Å²) in [5.74, 6) is -0.0587. The van der Waals surface area contributed by atoms with Crippen LogP contribution in [0.4, 0.5) is 5.69 Å². The SMILES string of the molecule is Cc1ccc(Oc2ccccc2NC(=O)COC(=O)c2ccccc2-n2cnnn2)cc1. The molecule has 3 aromatic carbocycles. The van der Waals surface area contributed by atoms with E-state index in [9.17, 15) is 9.59 Å². The van der Waals surface area contributed by atoms with E-state index in [1.807, 2.05) is 31.2 Å². The van der Waals surface area contributed by atoms with E-state index in [2.05, 4.69) is 20.8 Å². The van der Waals surface area contributed by atoms with Crippen LogP contribution in [0.15, 0.2) is 79.1 Å². The molecule has 1 aromatic heterocycles. The Bertz CT molecular complexity index is 1220. The van der Waals surface area contributed by atoms with Crippen LogP contribution < -0.4 is 10.1 Å². The van der Waals surface area contributed by atoms with Gasteiger partial charge in [0.05, 0.1) is 16.9 Å². The Morgan fingerprint density at radius 1 is 0.969 bits per heavy atom. The average Bonchev–Trinajstić information content (AvgIpc) is 3.35. The van der Waals surface area contributed by atoms with Crippen LogP contribution in [-0.2, 0) is 9.53 Å². The molecule has 0 atom stereocenters. The van der Waals surface area contributed by atoms with Gasteiger partial charge in [-0.15, -0.1) is 5.10 Å². The van der Waals surface area contributed by atoms with E-state index < -0.39 is 18.5 Å². The van der Waals surface area contributed by atoms with E-state index in [1.54, 1.807) is 48.5 Å². The molecule has 0 aliphatic rings. The molecule has 1 heterocycles. The first-order valence-electron chi connectivity index (χ1n) is 9.73. The monoisotopic (exact) mass is 429 g/mol. The van der Waals surface area contributed by atoms with Gasteiger partial charge in [-0.25, -0.2) is 4.79 Å². The quantitative estimate of drug-likeness (QED) is 0.448. The van der Waals surface area contributed by atoms with E-state index in [4.69, 9.17) is 9.47 Å². The lowest BCUT2D eigenvalue weighted by Crippen LogP contribution is -2.21. The third-order valence-corrected chi connectivity index (χ3v) is 4.46. The average molecular weight is 429 g/mol. The van der Waals surface area contributed by atoms with Gasteiger partial charge >= 0.3 is 5.97 Å². The number of hydrogen-bond donors (Lipinski definition) is 1. The summed E-state index contributed by atoms with van der Waals surface area (Å²) in [7, 11) is 0. The molecule has 9 nitrogen and oxygen atoms in total. The Kier molecular flexibility index (Phi) is 6.17. The van der Waals surface area contributed by atoms with Crippen molar-refractivity contribution in [1.29, 1.82) is 0 Å². The highest BCUT2D eigenvalue weighted by atomic mass is 16.5. The number of carbonyl (C=O) groups excluding carboxylic acids is 2. The second kappa shape index (κ2) is 9.52. The molecular weight excluding hydrogens is 410 g/mol. The number of esters is 1. The predicted molar refractivity (Wildman–Crippen MR) is 116 cm³/mol. The summed E-state index contributed by atoms with van der Waals surface area (Å²) in [6.45, 7) is 1.52. The highest BCUT2D eigenvalue weighted by molar-refractivity contribution is 5.97. The molecule has 32 heavy (non-hydrogen) atoms. The van der Waals surface area contributed by atoms with Crippen molar-refractivity contribution in [3.05, 3.63) is 90.3 Å². The lowest BCUT2D eigenvalue weighted by atomic mass is 10.2. The molecule has 0 aliphatic carbocycles. The topological polar surface area (TPSA) is 108 Å². The maximum absolute atomic E-state index is 12.5. The summed E-state index contributed by atoms with van der Waals surface area (Å²) in [5.41, 5.74) is 2.25. The standard InChI is InChI=1S/C23H19N5O4/c1-16-10-12-17(13-11-16)32-21-9-5-3-7-19(21)25-22(29)14-31-23(30)18-6-2-4-8-20(18)28-15-24-26-27-28/h2-13,15H,14H2,1H3,(H,25,29). The Balaban J connectivity index is 1.40. The molecule has 0 spiro atoms. The molecule has 4 aromatic rings. The van der Waals surface area contributed by atoms with Gasteiger partial charge in [0.1, 0.15) is 12.1 Å². The molecule has 1 amide bonds. The zero-order valence-corrected chi connectivity index (χ0v) is 17.1. The van der Waals surface area contributed by atoms with E-state index in [0.29, 0.717) is 22.9 Å². The van der Waals surface area contributed by atoms with Crippen LogP contribution in [-0.4, -0.2) is 38.7 Å². The highest BCUT2D eigenvalue weighted by Crippen LogP contribution is 2.29. The van der Waals surface area contributed by atoms with Crippen molar-refractivity contribution in [3.8, 4) is 17.2 Å². The van der Waals surface area contributed by atoms with Crippen molar-refractivity contribution in [1.82, 2.24) is 20.2 Å². The van der Waals surface area contributed by atoms with Crippen LogP contribution >= 0.6 is 0 Å². The van der Waals surface area contributed by atoms with Gasteiger partial charge in [0.2, 0.25) is 0 Å². The van der Waals surface area contributed by atoms with Gasteiger partial charge in [0, 0.05) is 0 Å². The minimum atomic E-state index is -0.671. The van der Waals surface area contributed by atoms with E-state index >= 15 is 0 Å². The first kappa shape index (κ1) is 20.7. The lowest BCUT2D eigenvalue weighted by molar-refractivity contribution is -0.119. The summed E-state index contributed by atoms with van der Waals surface area (Å²) in [6.07, 6.45) is 1.36. The van der Waals surface area contributed by atoms with Gasteiger partial charge in [0.15, 0.2) is 12.4 Å².